The molecule has 2 rings (SSSR count). The molecule has 1 aromatic rings. The third-order valence-corrected chi connectivity index (χ3v) is 3.74. The normalized spacial score (nSPS) is 16.5. The molecule has 4 heteroatoms. The van der Waals surface area contributed by atoms with E-state index in [-0.39, 0.29) is 0 Å². The molecule has 1 aliphatic heterocycles. The van der Waals surface area contributed by atoms with Gasteiger partial charge in [-0.2, -0.15) is 0 Å². The number of hydrogen-bond donors (Lipinski definition) is 1. The molecular formula is C15H25N3O. The summed E-state index contributed by atoms with van der Waals surface area (Å²) in [7, 11) is 2.19. The van der Waals surface area contributed by atoms with Crippen molar-refractivity contribution in [2.45, 2.75) is 38.8 Å². The molecule has 2 heterocycles. The lowest BCUT2D eigenvalue weighted by Gasteiger charge is -2.34. The minimum atomic E-state index is 0.584. The van der Waals surface area contributed by atoms with Crippen molar-refractivity contribution in [1.82, 2.24) is 10.3 Å². The third kappa shape index (κ3) is 3.91. The Morgan fingerprint density at radius 2 is 2.21 bits per heavy atom. The summed E-state index contributed by atoms with van der Waals surface area (Å²) in [5, 5.41) is 3.46. The van der Waals surface area contributed by atoms with Crippen LogP contribution in [0.1, 0.15) is 31.7 Å². The highest BCUT2D eigenvalue weighted by Gasteiger charge is 2.20. The van der Waals surface area contributed by atoms with Gasteiger partial charge in [0.15, 0.2) is 0 Å². The van der Waals surface area contributed by atoms with Crippen LogP contribution in [-0.4, -0.2) is 37.8 Å². The zero-order chi connectivity index (χ0) is 13.5. The molecule has 1 N–H and O–H groups in total. The predicted molar refractivity (Wildman–Crippen MR) is 78.5 cm³/mol. The first-order valence-electron chi connectivity index (χ1n) is 7.27. The molecule has 0 atom stereocenters. The van der Waals surface area contributed by atoms with Gasteiger partial charge in [0.05, 0.1) is 0 Å². The molecule has 0 radical (unpaired) electrons. The van der Waals surface area contributed by atoms with Crippen molar-refractivity contribution >= 4 is 5.69 Å². The maximum atomic E-state index is 5.44. The SMILES string of the molecule is CCCNCc1cnccc1N(C)C1CCOCC1. The molecule has 0 bridgehead atoms. The van der Waals surface area contributed by atoms with Gasteiger partial charge in [-0.1, -0.05) is 6.92 Å². The number of ether oxygens (including phenoxy) is 1. The summed E-state index contributed by atoms with van der Waals surface area (Å²) in [4.78, 5) is 6.66. The Hall–Kier alpha value is -1.13. The van der Waals surface area contributed by atoms with Crippen molar-refractivity contribution in [3.05, 3.63) is 24.0 Å². The fraction of sp³-hybridized carbons (Fsp3) is 0.667. The van der Waals surface area contributed by atoms with E-state index in [1.807, 2.05) is 12.4 Å². The van der Waals surface area contributed by atoms with Crippen molar-refractivity contribution < 1.29 is 4.74 Å². The first-order chi connectivity index (χ1) is 9.33. The van der Waals surface area contributed by atoms with Crippen LogP contribution in [0.25, 0.3) is 0 Å². The summed E-state index contributed by atoms with van der Waals surface area (Å²) in [6, 6.07) is 2.71. The summed E-state index contributed by atoms with van der Waals surface area (Å²) < 4.78 is 5.44. The quantitative estimate of drug-likeness (QED) is 0.798. The van der Waals surface area contributed by atoms with E-state index in [9.17, 15) is 0 Å². The molecule has 1 aliphatic rings. The van der Waals surface area contributed by atoms with Crippen molar-refractivity contribution in [2.75, 3.05) is 31.7 Å². The van der Waals surface area contributed by atoms with Gasteiger partial charge in [0.25, 0.3) is 0 Å². The smallest absolute Gasteiger partial charge is 0.0485 e. The fourth-order valence-electron chi connectivity index (χ4n) is 2.57. The van der Waals surface area contributed by atoms with Crippen LogP contribution in [0.4, 0.5) is 5.69 Å². The molecule has 1 fully saturated rings. The highest BCUT2D eigenvalue weighted by Crippen LogP contribution is 2.24. The Bertz CT molecular complexity index is 377. The molecular weight excluding hydrogens is 238 g/mol. The fourth-order valence-corrected chi connectivity index (χ4v) is 2.57. The first kappa shape index (κ1) is 14.3. The van der Waals surface area contributed by atoms with E-state index in [4.69, 9.17) is 4.74 Å². The summed E-state index contributed by atoms with van der Waals surface area (Å²) >= 11 is 0. The van der Waals surface area contributed by atoms with Crippen LogP contribution in [0, 0.1) is 0 Å². The van der Waals surface area contributed by atoms with Crippen LogP contribution in [-0.2, 0) is 11.3 Å². The van der Waals surface area contributed by atoms with E-state index >= 15 is 0 Å². The van der Waals surface area contributed by atoms with Gasteiger partial charge in [-0.05, 0) is 31.9 Å². The monoisotopic (exact) mass is 263 g/mol. The minimum absolute atomic E-state index is 0.584. The molecule has 0 saturated carbocycles. The summed E-state index contributed by atoms with van der Waals surface area (Å²) in [5.74, 6) is 0. The number of pyridine rings is 1. The first-order valence-corrected chi connectivity index (χ1v) is 7.27. The van der Waals surface area contributed by atoms with Crippen molar-refractivity contribution in [3.8, 4) is 0 Å². The van der Waals surface area contributed by atoms with E-state index < -0.39 is 0 Å². The van der Waals surface area contributed by atoms with Crippen LogP contribution in [0.3, 0.4) is 0 Å². The summed E-state index contributed by atoms with van der Waals surface area (Å²) in [6.07, 6.45) is 7.25. The average Bonchev–Trinajstić information content (AvgIpc) is 2.48. The molecule has 0 unspecified atom stereocenters. The van der Waals surface area contributed by atoms with Crippen LogP contribution in [0.15, 0.2) is 18.5 Å². The van der Waals surface area contributed by atoms with Gasteiger partial charge in [-0.3, -0.25) is 4.98 Å². The number of rotatable bonds is 6. The number of hydrogen-bond acceptors (Lipinski definition) is 4. The lowest BCUT2D eigenvalue weighted by molar-refractivity contribution is 0.0854. The van der Waals surface area contributed by atoms with E-state index in [1.165, 1.54) is 11.3 Å². The average molecular weight is 263 g/mol. The Balaban J connectivity index is 2.04. The second-order valence-electron chi connectivity index (χ2n) is 5.14. The third-order valence-electron chi connectivity index (χ3n) is 3.74. The molecule has 19 heavy (non-hydrogen) atoms. The topological polar surface area (TPSA) is 37.4 Å². The van der Waals surface area contributed by atoms with Gasteiger partial charge in [-0.25, -0.2) is 0 Å². The van der Waals surface area contributed by atoms with Gasteiger partial charge < -0.3 is 15.0 Å². The number of anilines is 1. The van der Waals surface area contributed by atoms with E-state index in [1.54, 1.807) is 0 Å². The summed E-state index contributed by atoms with van der Waals surface area (Å²) in [5.41, 5.74) is 2.58. The Labute approximate surface area is 116 Å². The molecule has 0 aromatic carbocycles. The largest absolute Gasteiger partial charge is 0.381 e. The van der Waals surface area contributed by atoms with Crippen molar-refractivity contribution in [3.63, 3.8) is 0 Å². The highest BCUT2D eigenvalue weighted by molar-refractivity contribution is 5.52. The van der Waals surface area contributed by atoms with Gasteiger partial charge in [-0.15, -0.1) is 0 Å². The van der Waals surface area contributed by atoms with Gasteiger partial charge in [0, 0.05) is 56.5 Å². The van der Waals surface area contributed by atoms with Crippen LogP contribution < -0.4 is 10.2 Å². The van der Waals surface area contributed by atoms with Gasteiger partial charge in [0.2, 0.25) is 0 Å². The highest BCUT2D eigenvalue weighted by atomic mass is 16.5. The molecule has 0 aliphatic carbocycles. The maximum Gasteiger partial charge on any atom is 0.0485 e. The molecule has 106 valence electrons. The number of nitrogens with zero attached hydrogens (tertiary/aromatic N) is 2. The Morgan fingerprint density at radius 3 is 2.95 bits per heavy atom. The zero-order valence-corrected chi connectivity index (χ0v) is 12.1. The van der Waals surface area contributed by atoms with E-state index in [0.29, 0.717) is 6.04 Å². The molecule has 1 aromatic heterocycles. The van der Waals surface area contributed by atoms with E-state index in [0.717, 1.165) is 45.6 Å². The minimum Gasteiger partial charge on any atom is -0.381 e. The van der Waals surface area contributed by atoms with Gasteiger partial charge in [0.1, 0.15) is 0 Å². The van der Waals surface area contributed by atoms with Crippen molar-refractivity contribution in [2.24, 2.45) is 0 Å². The lowest BCUT2D eigenvalue weighted by Crippen LogP contribution is -2.37. The maximum absolute atomic E-state index is 5.44. The molecule has 4 nitrogen and oxygen atoms in total. The second-order valence-corrected chi connectivity index (χ2v) is 5.14. The zero-order valence-electron chi connectivity index (χ0n) is 12.1. The predicted octanol–water partition coefficient (Wildman–Crippen LogP) is 2.20. The summed E-state index contributed by atoms with van der Waals surface area (Å²) in [6.45, 7) is 5.89. The van der Waals surface area contributed by atoms with Gasteiger partial charge >= 0.3 is 0 Å². The standard InChI is InChI=1S/C15H25N3O/c1-3-7-16-11-13-12-17-8-4-15(13)18(2)14-5-9-19-10-6-14/h4,8,12,14,16H,3,5-7,9-11H2,1-2H3. The molecule has 0 amide bonds. The van der Waals surface area contributed by atoms with Crippen molar-refractivity contribution in [1.29, 1.82) is 0 Å². The number of aromatic nitrogens is 1. The molecule has 1 saturated heterocycles. The van der Waals surface area contributed by atoms with Crippen LogP contribution in [0.2, 0.25) is 0 Å². The second kappa shape index (κ2) is 7.46. The number of nitrogens with one attached hydrogen (secondary N) is 1. The Morgan fingerprint density at radius 1 is 1.42 bits per heavy atom. The molecule has 0 spiro atoms. The lowest BCUT2D eigenvalue weighted by atomic mass is 10.1. The Kier molecular flexibility index (Phi) is 5.61. The van der Waals surface area contributed by atoms with E-state index in [2.05, 4.69) is 35.2 Å². The van der Waals surface area contributed by atoms with Crippen LogP contribution >= 0.6 is 0 Å². The van der Waals surface area contributed by atoms with Crippen LogP contribution in [0.5, 0.6) is 0 Å².